The number of aromatic nitrogens is 2. The van der Waals surface area contributed by atoms with E-state index in [4.69, 9.17) is 9.84 Å². The summed E-state index contributed by atoms with van der Waals surface area (Å²) in [6, 6.07) is 1.38. The predicted molar refractivity (Wildman–Crippen MR) is 44.3 cm³/mol. The number of hydrogen-bond acceptors (Lipinski definition) is 4. The highest BCUT2D eigenvalue weighted by Crippen LogP contribution is 2.18. The molecular weight excluding hydrogens is 156 g/mol. The van der Waals surface area contributed by atoms with E-state index >= 15 is 0 Å². The van der Waals surface area contributed by atoms with E-state index in [0.29, 0.717) is 11.7 Å². The van der Waals surface area contributed by atoms with E-state index in [1.165, 1.54) is 13.2 Å². The van der Waals surface area contributed by atoms with E-state index in [2.05, 4.69) is 9.97 Å². The fourth-order valence-electron chi connectivity index (χ4n) is 0.793. The molecule has 1 aromatic rings. The molecule has 0 aliphatic carbocycles. The molecule has 0 saturated heterocycles. The van der Waals surface area contributed by atoms with Gasteiger partial charge in [-0.3, -0.25) is 0 Å². The number of nitrogens with zero attached hydrogens (tertiary/aromatic N) is 2. The lowest BCUT2D eigenvalue weighted by Gasteiger charge is -2.05. The normalized spacial score (nSPS) is 10.3. The third-order valence-corrected chi connectivity index (χ3v) is 1.43. The zero-order valence-electron chi connectivity index (χ0n) is 7.40. The van der Waals surface area contributed by atoms with Crippen molar-refractivity contribution in [2.45, 2.75) is 19.8 Å². The first kappa shape index (κ1) is 8.77. The van der Waals surface area contributed by atoms with Gasteiger partial charge in [-0.05, 0) is 0 Å². The van der Waals surface area contributed by atoms with Crippen LogP contribution in [-0.4, -0.2) is 22.2 Å². The van der Waals surface area contributed by atoms with E-state index in [9.17, 15) is 0 Å². The molecule has 0 aliphatic rings. The van der Waals surface area contributed by atoms with Gasteiger partial charge in [0.1, 0.15) is 5.82 Å². The molecule has 0 atom stereocenters. The van der Waals surface area contributed by atoms with Crippen LogP contribution in [0.5, 0.6) is 11.8 Å². The Labute approximate surface area is 71.2 Å². The lowest BCUT2D eigenvalue weighted by Crippen LogP contribution is -1.99. The average Bonchev–Trinajstić information content (AvgIpc) is 2.03. The molecule has 0 aromatic carbocycles. The van der Waals surface area contributed by atoms with E-state index < -0.39 is 0 Å². The Bertz CT molecular complexity index is 274. The van der Waals surface area contributed by atoms with Gasteiger partial charge in [-0.1, -0.05) is 13.8 Å². The second-order valence-electron chi connectivity index (χ2n) is 2.78. The quantitative estimate of drug-likeness (QED) is 0.723. The van der Waals surface area contributed by atoms with Crippen molar-refractivity contribution < 1.29 is 9.84 Å². The van der Waals surface area contributed by atoms with Crippen LogP contribution in [0.3, 0.4) is 0 Å². The number of rotatable bonds is 2. The van der Waals surface area contributed by atoms with Crippen molar-refractivity contribution in [1.29, 1.82) is 0 Å². The molecule has 0 saturated carbocycles. The average molecular weight is 168 g/mol. The first-order valence-electron chi connectivity index (χ1n) is 3.75. The summed E-state index contributed by atoms with van der Waals surface area (Å²) in [4.78, 5) is 7.90. The Morgan fingerprint density at radius 3 is 2.58 bits per heavy atom. The second-order valence-corrected chi connectivity index (χ2v) is 2.78. The van der Waals surface area contributed by atoms with Gasteiger partial charge in [-0.25, -0.2) is 0 Å². The van der Waals surface area contributed by atoms with E-state index in [0.717, 1.165) is 0 Å². The SMILES string of the molecule is COc1cc(O)nc(C(C)C)n1. The van der Waals surface area contributed by atoms with Crippen LogP contribution < -0.4 is 4.74 Å². The fraction of sp³-hybridized carbons (Fsp3) is 0.500. The zero-order chi connectivity index (χ0) is 9.14. The van der Waals surface area contributed by atoms with Crippen molar-refractivity contribution in [1.82, 2.24) is 9.97 Å². The smallest absolute Gasteiger partial charge is 0.220 e. The van der Waals surface area contributed by atoms with Gasteiger partial charge in [0.25, 0.3) is 0 Å². The lowest BCUT2D eigenvalue weighted by molar-refractivity contribution is 0.381. The number of ether oxygens (including phenoxy) is 1. The van der Waals surface area contributed by atoms with Crippen LogP contribution in [0, 0.1) is 0 Å². The maximum atomic E-state index is 9.14. The maximum absolute atomic E-state index is 9.14. The molecule has 1 aromatic heterocycles. The number of aromatic hydroxyl groups is 1. The Hall–Kier alpha value is -1.32. The van der Waals surface area contributed by atoms with Gasteiger partial charge in [0, 0.05) is 5.92 Å². The van der Waals surface area contributed by atoms with Crippen LogP contribution in [0.4, 0.5) is 0 Å². The number of hydrogen-bond donors (Lipinski definition) is 1. The van der Waals surface area contributed by atoms with Crippen LogP contribution >= 0.6 is 0 Å². The number of methoxy groups -OCH3 is 1. The summed E-state index contributed by atoms with van der Waals surface area (Å²) in [5, 5.41) is 9.14. The van der Waals surface area contributed by atoms with Gasteiger partial charge < -0.3 is 9.84 Å². The van der Waals surface area contributed by atoms with Gasteiger partial charge in [0.15, 0.2) is 0 Å². The van der Waals surface area contributed by atoms with Crippen molar-refractivity contribution in [2.24, 2.45) is 0 Å². The minimum absolute atomic E-state index is 0.0504. The first-order chi connectivity index (χ1) is 5.63. The van der Waals surface area contributed by atoms with Gasteiger partial charge in [-0.15, -0.1) is 0 Å². The standard InChI is InChI=1S/C8H12N2O2/c1-5(2)8-9-6(11)4-7(10-8)12-3/h4-5H,1-3H3,(H,9,10,11). The van der Waals surface area contributed by atoms with Gasteiger partial charge in [-0.2, -0.15) is 9.97 Å². The Balaban J connectivity index is 3.06. The van der Waals surface area contributed by atoms with Crippen molar-refractivity contribution in [3.63, 3.8) is 0 Å². The molecule has 0 spiro atoms. The van der Waals surface area contributed by atoms with Crippen molar-refractivity contribution in [2.75, 3.05) is 7.11 Å². The molecule has 66 valence electrons. The Morgan fingerprint density at radius 2 is 2.08 bits per heavy atom. The third-order valence-electron chi connectivity index (χ3n) is 1.43. The predicted octanol–water partition coefficient (Wildman–Crippen LogP) is 1.31. The minimum atomic E-state index is -0.0504. The molecule has 4 heteroatoms. The monoisotopic (exact) mass is 168 g/mol. The van der Waals surface area contributed by atoms with E-state index in [1.54, 1.807) is 0 Å². The summed E-state index contributed by atoms with van der Waals surface area (Å²) in [7, 11) is 1.51. The van der Waals surface area contributed by atoms with Crippen LogP contribution in [0.2, 0.25) is 0 Å². The molecule has 0 amide bonds. The summed E-state index contributed by atoms with van der Waals surface area (Å²) in [6.07, 6.45) is 0. The summed E-state index contributed by atoms with van der Waals surface area (Å²) in [6.45, 7) is 3.91. The minimum Gasteiger partial charge on any atom is -0.493 e. The fourth-order valence-corrected chi connectivity index (χ4v) is 0.793. The molecule has 1 N–H and O–H groups in total. The highest BCUT2D eigenvalue weighted by atomic mass is 16.5. The maximum Gasteiger partial charge on any atom is 0.220 e. The largest absolute Gasteiger partial charge is 0.493 e. The van der Waals surface area contributed by atoms with Gasteiger partial charge >= 0.3 is 0 Å². The highest BCUT2D eigenvalue weighted by molar-refractivity contribution is 5.20. The van der Waals surface area contributed by atoms with Gasteiger partial charge in [0.05, 0.1) is 13.2 Å². The van der Waals surface area contributed by atoms with Crippen molar-refractivity contribution >= 4 is 0 Å². The van der Waals surface area contributed by atoms with Crippen LogP contribution in [0.15, 0.2) is 6.07 Å². The molecule has 0 unspecified atom stereocenters. The van der Waals surface area contributed by atoms with Crippen molar-refractivity contribution in [3.8, 4) is 11.8 Å². The van der Waals surface area contributed by atoms with Crippen LogP contribution in [-0.2, 0) is 0 Å². The molecule has 1 rings (SSSR count). The first-order valence-corrected chi connectivity index (χ1v) is 3.75. The van der Waals surface area contributed by atoms with E-state index in [-0.39, 0.29) is 11.8 Å². The summed E-state index contributed by atoms with van der Waals surface area (Å²) < 4.78 is 4.87. The summed E-state index contributed by atoms with van der Waals surface area (Å²) in [5.41, 5.74) is 0. The van der Waals surface area contributed by atoms with Gasteiger partial charge in [0.2, 0.25) is 11.8 Å². The Morgan fingerprint density at radius 1 is 1.42 bits per heavy atom. The molecule has 0 radical (unpaired) electrons. The molecule has 0 bridgehead atoms. The summed E-state index contributed by atoms with van der Waals surface area (Å²) in [5.74, 6) is 1.12. The van der Waals surface area contributed by atoms with E-state index in [1.807, 2.05) is 13.8 Å². The molecule has 1 heterocycles. The molecule has 12 heavy (non-hydrogen) atoms. The third kappa shape index (κ3) is 1.84. The molecular formula is C8H12N2O2. The Kier molecular flexibility index (Phi) is 2.47. The molecule has 0 fully saturated rings. The second kappa shape index (κ2) is 3.38. The topological polar surface area (TPSA) is 55.2 Å². The highest BCUT2D eigenvalue weighted by Gasteiger charge is 2.06. The zero-order valence-corrected chi connectivity index (χ0v) is 7.40. The molecule has 4 nitrogen and oxygen atoms in total. The van der Waals surface area contributed by atoms with Crippen molar-refractivity contribution in [3.05, 3.63) is 11.9 Å². The van der Waals surface area contributed by atoms with Crippen LogP contribution in [0.1, 0.15) is 25.6 Å². The molecule has 0 aliphatic heterocycles. The summed E-state index contributed by atoms with van der Waals surface area (Å²) >= 11 is 0. The van der Waals surface area contributed by atoms with Crippen LogP contribution in [0.25, 0.3) is 0 Å². The lowest BCUT2D eigenvalue weighted by atomic mass is 10.2.